The summed E-state index contributed by atoms with van der Waals surface area (Å²) in [5, 5.41) is 33.1. The lowest BCUT2D eigenvalue weighted by atomic mass is 10.0. The smallest absolute Gasteiger partial charge is 0.249 e. The van der Waals surface area contributed by atoms with Gasteiger partial charge in [0.1, 0.15) is 6.10 Å². The van der Waals surface area contributed by atoms with E-state index in [1.165, 1.54) is 141 Å². The summed E-state index contributed by atoms with van der Waals surface area (Å²) in [4.78, 5) is 12.4. The third kappa shape index (κ3) is 27.9. The summed E-state index contributed by atoms with van der Waals surface area (Å²) in [5.41, 5.74) is 0. The average Bonchev–Trinajstić information content (AvgIpc) is 2.98. The number of amides is 1. The van der Waals surface area contributed by atoms with Crippen LogP contribution >= 0.6 is 0 Å². The van der Waals surface area contributed by atoms with Gasteiger partial charge in [-0.15, -0.1) is 0 Å². The molecule has 0 aliphatic carbocycles. The number of carbonyl (C=O) groups is 1. The van der Waals surface area contributed by atoms with Gasteiger partial charge in [0.05, 0.1) is 18.8 Å². The van der Waals surface area contributed by atoms with Crippen molar-refractivity contribution >= 4 is 5.91 Å². The number of hydrogen-bond acceptors (Lipinski definition) is 4. The number of unbranched alkanes of at least 4 members (excludes halogenated alkanes) is 25. The van der Waals surface area contributed by atoms with Crippen molar-refractivity contribution in [1.82, 2.24) is 5.32 Å². The molecule has 0 saturated carbocycles. The van der Waals surface area contributed by atoms with Gasteiger partial charge in [-0.3, -0.25) is 4.79 Å². The molecule has 0 heterocycles. The summed E-state index contributed by atoms with van der Waals surface area (Å²) in [6.07, 6.45) is 33.6. The van der Waals surface area contributed by atoms with Crippen LogP contribution in [0.15, 0.2) is 0 Å². The number of hydrogen-bond donors (Lipinski definition) is 4. The Morgan fingerprint density at radius 2 is 0.780 bits per heavy atom. The Morgan fingerprint density at radius 3 is 1.10 bits per heavy atom. The third-order valence-electron chi connectivity index (χ3n) is 8.73. The van der Waals surface area contributed by atoms with Crippen LogP contribution in [-0.2, 0) is 4.79 Å². The van der Waals surface area contributed by atoms with Crippen LogP contribution in [0.2, 0.25) is 0 Å². The van der Waals surface area contributed by atoms with E-state index in [0.717, 1.165) is 32.1 Å². The van der Waals surface area contributed by atoms with E-state index >= 15 is 0 Å². The fourth-order valence-electron chi connectivity index (χ4n) is 5.78. The molecule has 0 aliphatic heterocycles. The van der Waals surface area contributed by atoms with Crippen molar-refractivity contribution in [2.24, 2.45) is 0 Å². The van der Waals surface area contributed by atoms with Gasteiger partial charge in [-0.2, -0.15) is 0 Å². The first-order valence-electron chi connectivity index (χ1n) is 18.3. The Hall–Kier alpha value is -0.650. The third-order valence-corrected chi connectivity index (χ3v) is 8.73. The Balaban J connectivity index is 3.66. The van der Waals surface area contributed by atoms with Crippen LogP contribution in [0.5, 0.6) is 0 Å². The largest absolute Gasteiger partial charge is 0.394 e. The normalized spacial score (nSPS) is 13.8. The summed E-state index contributed by atoms with van der Waals surface area (Å²) >= 11 is 0. The van der Waals surface area contributed by atoms with Crippen LogP contribution < -0.4 is 5.32 Å². The van der Waals surface area contributed by atoms with Gasteiger partial charge in [0, 0.05) is 0 Å². The number of aliphatic hydroxyl groups excluding tert-OH is 3. The maximum absolute atomic E-state index is 12.4. The Bertz CT molecular complexity index is 530. The molecule has 0 saturated heterocycles. The number of carbonyl (C=O) groups excluding carboxylic acids is 1. The van der Waals surface area contributed by atoms with E-state index in [0.29, 0.717) is 12.8 Å². The molecule has 4 N–H and O–H groups in total. The molecule has 1 unspecified atom stereocenters. The minimum Gasteiger partial charge on any atom is -0.394 e. The lowest BCUT2D eigenvalue weighted by molar-refractivity contribution is -0.131. The van der Waals surface area contributed by atoms with Crippen molar-refractivity contribution in [3.05, 3.63) is 0 Å². The van der Waals surface area contributed by atoms with Crippen molar-refractivity contribution in [2.45, 2.75) is 218 Å². The molecule has 0 rings (SSSR count). The molecule has 0 aromatic heterocycles. The molecular weight excluding hydrogens is 510 g/mol. The molecule has 0 aromatic carbocycles. The zero-order chi connectivity index (χ0) is 30.2. The van der Waals surface area contributed by atoms with Crippen molar-refractivity contribution < 1.29 is 20.1 Å². The molecule has 0 radical (unpaired) electrons. The highest BCUT2D eigenvalue weighted by molar-refractivity contribution is 5.80. The number of nitrogens with one attached hydrogen (secondary N) is 1. The highest BCUT2D eigenvalue weighted by Crippen LogP contribution is 2.16. The summed E-state index contributed by atoms with van der Waals surface area (Å²) < 4.78 is 0. The molecule has 5 nitrogen and oxygen atoms in total. The van der Waals surface area contributed by atoms with Gasteiger partial charge in [-0.1, -0.05) is 187 Å². The zero-order valence-corrected chi connectivity index (χ0v) is 27.7. The predicted molar refractivity (Wildman–Crippen MR) is 176 cm³/mol. The lowest BCUT2D eigenvalue weighted by Crippen LogP contribution is -2.49. The summed E-state index contributed by atoms with van der Waals surface area (Å²) in [6.45, 7) is 4.22. The zero-order valence-electron chi connectivity index (χ0n) is 27.7. The molecule has 246 valence electrons. The molecule has 0 spiro atoms. The highest BCUT2D eigenvalue weighted by atomic mass is 16.3. The molecule has 0 aliphatic rings. The molecule has 1 amide bonds. The summed E-state index contributed by atoms with van der Waals surface area (Å²) in [6, 6.07) is -0.703. The standard InChI is InChI=1S/C36H73NO4/c1-3-5-7-9-11-13-15-17-19-21-23-25-27-29-31-35(40)36(41)37-33(32-38)34(39)30-28-26-24-22-20-18-16-14-12-10-8-6-4-2/h33-35,38-40H,3-32H2,1-2H3,(H,37,41)/t33-,34+,35?/m0/s1. The fraction of sp³-hybridized carbons (Fsp3) is 0.972. The van der Waals surface area contributed by atoms with E-state index in [-0.39, 0.29) is 6.61 Å². The first kappa shape index (κ1) is 40.4. The van der Waals surface area contributed by atoms with Gasteiger partial charge in [-0.25, -0.2) is 0 Å². The van der Waals surface area contributed by atoms with Crippen LogP contribution in [0.3, 0.4) is 0 Å². The summed E-state index contributed by atoms with van der Waals surface area (Å²) in [7, 11) is 0. The first-order chi connectivity index (χ1) is 20.1. The van der Waals surface area contributed by atoms with E-state index in [1.807, 2.05) is 0 Å². The maximum atomic E-state index is 12.4. The molecule has 0 bridgehead atoms. The Morgan fingerprint density at radius 1 is 0.488 bits per heavy atom. The van der Waals surface area contributed by atoms with Gasteiger partial charge < -0.3 is 20.6 Å². The van der Waals surface area contributed by atoms with Crippen LogP contribution in [0, 0.1) is 0 Å². The van der Waals surface area contributed by atoms with Crippen molar-refractivity contribution in [3.8, 4) is 0 Å². The van der Waals surface area contributed by atoms with E-state index in [1.54, 1.807) is 0 Å². The Kier molecular flexibility index (Phi) is 31.8. The van der Waals surface area contributed by atoms with E-state index in [9.17, 15) is 20.1 Å². The SMILES string of the molecule is CCCCCCCCCCCCCCCCC(O)C(=O)N[C@@H](CO)[C@H](O)CCCCCCCCCCCCCCC. The van der Waals surface area contributed by atoms with Gasteiger partial charge >= 0.3 is 0 Å². The molecule has 5 heteroatoms. The first-order valence-corrected chi connectivity index (χ1v) is 18.3. The topological polar surface area (TPSA) is 89.8 Å². The van der Waals surface area contributed by atoms with Gasteiger partial charge in [0.25, 0.3) is 0 Å². The van der Waals surface area contributed by atoms with E-state index < -0.39 is 24.2 Å². The predicted octanol–water partition coefficient (Wildman–Crippen LogP) is 9.54. The molecule has 3 atom stereocenters. The minimum absolute atomic E-state index is 0.309. The Labute approximate surface area is 256 Å². The quantitative estimate of drug-likeness (QED) is 0.0579. The number of rotatable bonds is 33. The fourth-order valence-corrected chi connectivity index (χ4v) is 5.78. The van der Waals surface area contributed by atoms with E-state index in [4.69, 9.17) is 0 Å². The van der Waals surface area contributed by atoms with Crippen molar-refractivity contribution in [2.75, 3.05) is 6.61 Å². The molecule has 0 aromatic rings. The lowest BCUT2D eigenvalue weighted by Gasteiger charge is -2.23. The van der Waals surface area contributed by atoms with Crippen molar-refractivity contribution in [1.29, 1.82) is 0 Å². The van der Waals surface area contributed by atoms with Crippen molar-refractivity contribution in [3.63, 3.8) is 0 Å². The molecule has 0 fully saturated rings. The van der Waals surface area contributed by atoms with E-state index in [2.05, 4.69) is 19.2 Å². The summed E-state index contributed by atoms with van der Waals surface area (Å²) in [5.74, 6) is -0.469. The average molecular weight is 584 g/mol. The van der Waals surface area contributed by atoms with Gasteiger partial charge in [0.2, 0.25) is 5.91 Å². The van der Waals surface area contributed by atoms with Crippen LogP contribution in [0.25, 0.3) is 0 Å². The second kappa shape index (κ2) is 32.3. The van der Waals surface area contributed by atoms with Gasteiger partial charge in [0.15, 0.2) is 0 Å². The molecule has 41 heavy (non-hydrogen) atoms. The second-order valence-corrected chi connectivity index (χ2v) is 12.8. The second-order valence-electron chi connectivity index (χ2n) is 12.8. The van der Waals surface area contributed by atoms with Crippen LogP contribution in [-0.4, -0.2) is 46.1 Å². The highest BCUT2D eigenvalue weighted by Gasteiger charge is 2.23. The van der Waals surface area contributed by atoms with Crippen LogP contribution in [0.1, 0.15) is 200 Å². The minimum atomic E-state index is -1.06. The van der Waals surface area contributed by atoms with Crippen LogP contribution in [0.4, 0.5) is 0 Å². The monoisotopic (exact) mass is 584 g/mol. The molecular formula is C36H73NO4. The van der Waals surface area contributed by atoms with Gasteiger partial charge in [-0.05, 0) is 12.8 Å². The maximum Gasteiger partial charge on any atom is 0.249 e. The number of aliphatic hydroxyl groups is 3.